The number of aliphatic carboxylic acids is 1. The Balaban J connectivity index is 1.79. The van der Waals surface area contributed by atoms with Crippen molar-refractivity contribution in [3.05, 3.63) is 36.7 Å². The number of aromatic nitrogens is 1. The summed E-state index contributed by atoms with van der Waals surface area (Å²) < 4.78 is 5.45. The number of carboxylic acid groups (broad SMARTS) is 1. The van der Waals surface area contributed by atoms with Gasteiger partial charge in [-0.15, -0.1) is 0 Å². The molecule has 0 aromatic carbocycles. The SMILES string of the molecule is O=C(Nc1cccnc1)[C@@H]1[C@H](C(=O)O)[C@H]2C=C[C@H]1O2. The summed E-state index contributed by atoms with van der Waals surface area (Å²) in [6.45, 7) is 0. The van der Waals surface area contributed by atoms with Crippen molar-refractivity contribution >= 4 is 17.6 Å². The first-order chi connectivity index (χ1) is 9.16. The number of pyridine rings is 1. The molecule has 1 aromatic heterocycles. The normalized spacial score (nSPS) is 31.4. The van der Waals surface area contributed by atoms with E-state index in [1.165, 1.54) is 6.20 Å². The zero-order valence-electron chi connectivity index (χ0n) is 9.89. The number of nitrogens with zero attached hydrogens (tertiary/aromatic N) is 1. The fourth-order valence-electron chi connectivity index (χ4n) is 2.58. The van der Waals surface area contributed by atoms with Gasteiger partial charge in [0, 0.05) is 6.20 Å². The van der Waals surface area contributed by atoms with E-state index in [9.17, 15) is 14.7 Å². The number of rotatable bonds is 3. The van der Waals surface area contributed by atoms with Gasteiger partial charge in [0.2, 0.25) is 5.91 Å². The molecule has 1 amide bonds. The Morgan fingerprint density at radius 3 is 2.63 bits per heavy atom. The third-order valence-electron chi connectivity index (χ3n) is 3.42. The second-order valence-corrected chi connectivity index (χ2v) is 4.57. The molecule has 3 heterocycles. The minimum atomic E-state index is -1.01. The maximum Gasteiger partial charge on any atom is 0.310 e. The molecular weight excluding hydrogens is 248 g/mol. The van der Waals surface area contributed by atoms with E-state index < -0.39 is 30.0 Å². The van der Waals surface area contributed by atoms with Gasteiger partial charge in [-0.25, -0.2) is 0 Å². The second kappa shape index (κ2) is 4.47. The topological polar surface area (TPSA) is 88.5 Å². The van der Waals surface area contributed by atoms with E-state index in [1.54, 1.807) is 30.5 Å². The van der Waals surface area contributed by atoms with Crippen LogP contribution in [0.4, 0.5) is 5.69 Å². The summed E-state index contributed by atoms with van der Waals surface area (Å²) in [5.41, 5.74) is 0.545. The van der Waals surface area contributed by atoms with Crippen molar-refractivity contribution < 1.29 is 19.4 Å². The van der Waals surface area contributed by atoms with Crippen LogP contribution >= 0.6 is 0 Å². The largest absolute Gasteiger partial charge is 0.481 e. The van der Waals surface area contributed by atoms with Crippen LogP contribution in [0.5, 0.6) is 0 Å². The molecule has 2 N–H and O–H groups in total. The van der Waals surface area contributed by atoms with Gasteiger partial charge in [0.1, 0.15) is 5.92 Å². The van der Waals surface area contributed by atoms with Crippen molar-refractivity contribution in [1.29, 1.82) is 0 Å². The summed E-state index contributed by atoms with van der Waals surface area (Å²) >= 11 is 0. The molecule has 98 valence electrons. The lowest BCUT2D eigenvalue weighted by Gasteiger charge is -2.20. The molecule has 0 radical (unpaired) electrons. The van der Waals surface area contributed by atoms with E-state index in [2.05, 4.69) is 10.3 Å². The molecule has 2 aliphatic rings. The van der Waals surface area contributed by atoms with E-state index in [0.717, 1.165) is 0 Å². The number of ether oxygens (including phenoxy) is 1. The van der Waals surface area contributed by atoms with Gasteiger partial charge in [0.15, 0.2) is 0 Å². The van der Waals surface area contributed by atoms with E-state index in [1.807, 2.05) is 0 Å². The molecule has 6 nitrogen and oxygen atoms in total. The molecule has 6 heteroatoms. The Morgan fingerprint density at radius 2 is 2.00 bits per heavy atom. The Labute approximate surface area is 109 Å². The van der Waals surface area contributed by atoms with Gasteiger partial charge in [0.25, 0.3) is 0 Å². The number of amides is 1. The van der Waals surface area contributed by atoms with Crippen LogP contribution < -0.4 is 5.32 Å². The molecule has 0 unspecified atom stereocenters. The number of anilines is 1. The molecule has 1 saturated heterocycles. The Hall–Kier alpha value is -2.21. The average molecular weight is 260 g/mol. The number of carboxylic acids is 1. The Bertz CT molecular complexity index is 543. The molecule has 0 saturated carbocycles. The first kappa shape index (κ1) is 11.9. The van der Waals surface area contributed by atoms with Crippen molar-refractivity contribution in [3.8, 4) is 0 Å². The third-order valence-corrected chi connectivity index (χ3v) is 3.42. The summed E-state index contributed by atoms with van der Waals surface area (Å²) in [5.74, 6) is -2.89. The van der Waals surface area contributed by atoms with Gasteiger partial charge in [-0.1, -0.05) is 12.2 Å². The number of hydrogen-bond donors (Lipinski definition) is 2. The van der Waals surface area contributed by atoms with E-state index in [4.69, 9.17) is 4.74 Å². The van der Waals surface area contributed by atoms with E-state index in [0.29, 0.717) is 5.69 Å². The first-order valence-corrected chi connectivity index (χ1v) is 5.94. The van der Waals surface area contributed by atoms with Gasteiger partial charge in [-0.3, -0.25) is 14.6 Å². The highest BCUT2D eigenvalue weighted by Crippen LogP contribution is 2.39. The molecular formula is C13H12N2O4. The standard InChI is InChI=1S/C13H12N2O4/c16-12(15-7-2-1-5-14-6-7)10-8-3-4-9(19-8)11(10)13(17)18/h1-6,8-11H,(H,15,16)(H,17,18)/t8-,9-,10+,11-/m1/s1. The van der Waals surface area contributed by atoms with Crippen molar-refractivity contribution in [3.63, 3.8) is 0 Å². The van der Waals surface area contributed by atoms with Crippen LogP contribution in [0.2, 0.25) is 0 Å². The molecule has 0 aliphatic carbocycles. The summed E-state index contributed by atoms with van der Waals surface area (Å²) in [7, 11) is 0. The van der Waals surface area contributed by atoms with Crippen LogP contribution in [0.1, 0.15) is 0 Å². The number of carbonyl (C=O) groups excluding carboxylic acids is 1. The van der Waals surface area contributed by atoms with Gasteiger partial charge < -0.3 is 15.2 Å². The average Bonchev–Trinajstić information content (AvgIpc) is 2.99. The maximum absolute atomic E-state index is 12.2. The van der Waals surface area contributed by atoms with Crippen molar-refractivity contribution in [2.75, 3.05) is 5.32 Å². The van der Waals surface area contributed by atoms with Crippen LogP contribution in [-0.2, 0) is 14.3 Å². The van der Waals surface area contributed by atoms with Crippen LogP contribution in [0.3, 0.4) is 0 Å². The van der Waals surface area contributed by atoms with Crippen LogP contribution in [0.25, 0.3) is 0 Å². The fourth-order valence-corrected chi connectivity index (χ4v) is 2.58. The highest BCUT2D eigenvalue weighted by Gasteiger charge is 2.53. The summed E-state index contributed by atoms with van der Waals surface area (Å²) in [6.07, 6.45) is 5.60. The zero-order valence-corrected chi connectivity index (χ0v) is 9.89. The van der Waals surface area contributed by atoms with Gasteiger partial charge in [-0.05, 0) is 12.1 Å². The van der Waals surface area contributed by atoms with E-state index >= 15 is 0 Å². The quantitative estimate of drug-likeness (QED) is 0.780. The predicted octanol–water partition coefficient (Wildman–Crippen LogP) is 0.674. The monoisotopic (exact) mass is 260 g/mol. The number of nitrogens with one attached hydrogen (secondary N) is 1. The molecule has 19 heavy (non-hydrogen) atoms. The summed E-state index contributed by atoms with van der Waals surface area (Å²) in [4.78, 5) is 27.3. The van der Waals surface area contributed by atoms with Crippen molar-refractivity contribution in [1.82, 2.24) is 4.98 Å². The fraction of sp³-hybridized carbons (Fsp3) is 0.308. The smallest absolute Gasteiger partial charge is 0.310 e. The maximum atomic E-state index is 12.2. The minimum Gasteiger partial charge on any atom is -0.481 e. The Kier molecular flexibility index (Phi) is 2.79. The summed E-state index contributed by atoms with van der Waals surface area (Å²) in [5, 5.41) is 11.9. The van der Waals surface area contributed by atoms with Gasteiger partial charge in [-0.2, -0.15) is 0 Å². The number of carbonyl (C=O) groups is 2. The Morgan fingerprint density at radius 1 is 1.26 bits per heavy atom. The lowest BCUT2D eigenvalue weighted by atomic mass is 9.82. The predicted molar refractivity (Wildman–Crippen MR) is 65.3 cm³/mol. The summed E-state index contributed by atoms with van der Waals surface area (Å²) in [6, 6.07) is 3.39. The third kappa shape index (κ3) is 2.00. The van der Waals surface area contributed by atoms with Crippen LogP contribution in [0, 0.1) is 11.8 Å². The molecule has 1 fully saturated rings. The second-order valence-electron chi connectivity index (χ2n) is 4.57. The molecule has 2 bridgehead atoms. The lowest BCUT2D eigenvalue weighted by molar-refractivity contribution is -0.145. The zero-order chi connectivity index (χ0) is 13.4. The number of fused-ring (bicyclic) bond motifs is 2. The number of hydrogen-bond acceptors (Lipinski definition) is 4. The van der Waals surface area contributed by atoms with Crippen LogP contribution in [0.15, 0.2) is 36.7 Å². The molecule has 1 aromatic rings. The highest BCUT2D eigenvalue weighted by atomic mass is 16.5. The van der Waals surface area contributed by atoms with Crippen molar-refractivity contribution in [2.45, 2.75) is 12.2 Å². The lowest BCUT2D eigenvalue weighted by Crippen LogP contribution is -2.39. The minimum absolute atomic E-state index is 0.350. The molecule has 2 aliphatic heterocycles. The highest BCUT2D eigenvalue weighted by molar-refractivity contribution is 5.96. The van der Waals surface area contributed by atoms with Gasteiger partial charge >= 0.3 is 5.97 Å². The van der Waals surface area contributed by atoms with Gasteiger partial charge in [0.05, 0.1) is 30.0 Å². The van der Waals surface area contributed by atoms with Crippen LogP contribution in [-0.4, -0.2) is 34.2 Å². The first-order valence-electron chi connectivity index (χ1n) is 5.94. The van der Waals surface area contributed by atoms with E-state index in [-0.39, 0.29) is 5.91 Å². The molecule has 4 atom stereocenters. The molecule has 3 rings (SSSR count). The molecule has 0 spiro atoms. The van der Waals surface area contributed by atoms with Crippen molar-refractivity contribution in [2.24, 2.45) is 11.8 Å².